The third-order valence-electron chi connectivity index (χ3n) is 6.90. The number of ether oxygens (including phenoxy) is 1. The van der Waals surface area contributed by atoms with Gasteiger partial charge in [0.15, 0.2) is 0 Å². The van der Waals surface area contributed by atoms with Gasteiger partial charge >= 0.3 is 0 Å². The molecule has 0 atom stereocenters. The highest BCUT2D eigenvalue weighted by atomic mass is 32.2. The lowest BCUT2D eigenvalue weighted by molar-refractivity contribution is 0.102. The minimum Gasteiger partial charge on any atom is -0.494 e. The fourth-order valence-corrected chi connectivity index (χ4v) is 5.57. The van der Waals surface area contributed by atoms with E-state index in [1.165, 1.54) is 81.9 Å². The minimum absolute atomic E-state index is 0.110. The maximum absolute atomic E-state index is 12.9. The summed E-state index contributed by atoms with van der Waals surface area (Å²) in [4.78, 5) is 15.2. The van der Waals surface area contributed by atoms with Gasteiger partial charge in [-0.25, -0.2) is 0 Å². The molecule has 5 heteroatoms. The SMILES string of the molecule is CCCCCCCCCCCCCCOc1cccc(C(=O)Nc2cccc(CN3CSC=C3C)c2)c1. The first-order valence-corrected chi connectivity index (χ1v) is 15.4. The van der Waals surface area contributed by atoms with Gasteiger partial charge in [-0.2, -0.15) is 0 Å². The van der Waals surface area contributed by atoms with Crippen LogP contribution in [-0.4, -0.2) is 23.3 Å². The summed E-state index contributed by atoms with van der Waals surface area (Å²) < 4.78 is 5.95. The van der Waals surface area contributed by atoms with Gasteiger partial charge in [-0.15, -0.1) is 11.8 Å². The number of allylic oxidation sites excluding steroid dienone is 1. The normalized spacial score (nSPS) is 13.0. The Morgan fingerprint density at radius 2 is 1.57 bits per heavy atom. The first-order valence-electron chi connectivity index (χ1n) is 14.3. The van der Waals surface area contributed by atoms with Crippen molar-refractivity contribution < 1.29 is 9.53 Å². The Balaban J connectivity index is 1.31. The van der Waals surface area contributed by atoms with Crippen LogP contribution >= 0.6 is 11.8 Å². The Hall–Kier alpha value is -2.40. The summed E-state index contributed by atoms with van der Waals surface area (Å²) >= 11 is 1.82. The van der Waals surface area contributed by atoms with E-state index in [9.17, 15) is 4.79 Å². The molecule has 0 saturated carbocycles. The molecule has 2 aromatic rings. The molecule has 0 aromatic heterocycles. The lowest BCUT2D eigenvalue weighted by Gasteiger charge is -2.19. The summed E-state index contributed by atoms with van der Waals surface area (Å²) in [6, 6.07) is 15.6. The van der Waals surface area contributed by atoms with Gasteiger partial charge in [-0.3, -0.25) is 4.79 Å². The van der Waals surface area contributed by atoms with E-state index in [0.717, 1.165) is 30.3 Å². The van der Waals surface area contributed by atoms with Crippen molar-refractivity contribution in [3.63, 3.8) is 0 Å². The number of nitrogens with one attached hydrogen (secondary N) is 1. The highest BCUT2D eigenvalue weighted by Crippen LogP contribution is 2.25. The molecule has 0 fully saturated rings. The third kappa shape index (κ3) is 11.3. The van der Waals surface area contributed by atoms with Gasteiger partial charge in [0.1, 0.15) is 5.75 Å². The number of hydrogen-bond acceptors (Lipinski definition) is 4. The van der Waals surface area contributed by atoms with Gasteiger partial charge in [-0.1, -0.05) is 95.8 Å². The van der Waals surface area contributed by atoms with Gasteiger partial charge in [0.25, 0.3) is 5.91 Å². The van der Waals surface area contributed by atoms with Crippen LogP contribution in [0.15, 0.2) is 59.6 Å². The summed E-state index contributed by atoms with van der Waals surface area (Å²) in [5, 5.41) is 5.24. The summed E-state index contributed by atoms with van der Waals surface area (Å²) in [6.07, 6.45) is 16.0. The molecule has 1 heterocycles. The number of benzene rings is 2. The number of nitrogens with zero attached hydrogens (tertiary/aromatic N) is 1. The minimum atomic E-state index is -0.110. The van der Waals surface area contributed by atoms with Crippen LogP contribution in [-0.2, 0) is 6.54 Å². The standard InChI is InChI=1S/C32H46N2O2S/c1-3-4-5-6-7-8-9-10-11-12-13-14-21-36-31-20-16-18-29(23-31)32(35)33-30-19-15-17-28(22-30)24-34-26-37-25-27(34)2/h15-20,22-23,25H,3-14,21,24,26H2,1-2H3,(H,33,35). The molecule has 1 aliphatic rings. The van der Waals surface area contributed by atoms with E-state index in [4.69, 9.17) is 4.74 Å². The molecule has 1 N–H and O–H groups in total. The number of carbonyl (C=O) groups is 1. The second-order valence-corrected chi connectivity index (χ2v) is 11.0. The van der Waals surface area contributed by atoms with Crippen molar-refractivity contribution in [2.75, 3.05) is 17.8 Å². The van der Waals surface area contributed by atoms with Crippen molar-refractivity contribution >= 4 is 23.4 Å². The number of anilines is 1. The quantitative estimate of drug-likeness (QED) is 0.198. The van der Waals surface area contributed by atoms with E-state index in [-0.39, 0.29) is 5.91 Å². The van der Waals surface area contributed by atoms with Crippen molar-refractivity contribution in [3.8, 4) is 5.75 Å². The molecule has 1 amide bonds. The Morgan fingerprint density at radius 3 is 2.24 bits per heavy atom. The Morgan fingerprint density at radius 1 is 0.892 bits per heavy atom. The molecular weight excluding hydrogens is 476 g/mol. The van der Waals surface area contributed by atoms with Crippen LogP contribution in [0, 0.1) is 0 Å². The highest BCUT2D eigenvalue weighted by Gasteiger charge is 2.13. The summed E-state index contributed by atoms with van der Waals surface area (Å²) in [7, 11) is 0. The average Bonchev–Trinajstić information content (AvgIpc) is 3.31. The Labute approximate surface area is 229 Å². The first-order chi connectivity index (χ1) is 18.2. The molecule has 1 aliphatic heterocycles. The van der Waals surface area contributed by atoms with Crippen LogP contribution in [0.2, 0.25) is 0 Å². The highest BCUT2D eigenvalue weighted by molar-refractivity contribution is 8.02. The summed E-state index contributed by atoms with van der Waals surface area (Å²) in [5.41, 5.74) is 3.92. The molecule has 4 nitrogen and oxygen atoms in total. The van der Waals surface area contributed by atoms with Crippen LogP contribution in [0.3, 0.4) is 0 Å². The van der Waals surface area contributed by atoms with Gasteiger partial charge in [0, 0.05) is 23.5 Å². The number of amides is 1. The summed E-state index contributed by atoms with van der Waals surface area (Å²) in [5.74, 6) is 1.63. The molecule has 202 valence electrons. The fraction of sp³-hybridized carbons (Fsp3) is 0.531. The molecule has 0 bridgehead atoms. The first kappa shape index (κ1) is 29.2. The molecule has 0 radical (unpaired) electrons. The Bertz CT molecular complexity index is 975. The second-order valence-electron chi connectivity index (χ2n) is 10.2. The van der Waals surface area contributed by atoms with Crippen molar-refractivity contribution in [2.45, 2.75) is 97.4 Å². The largest absolute Gasteiger partial charge is 0.494 e. The van der Waals surface area contributed by atoms with E-state index in [1.807, 2.05) is 48.2 Å². The zero-order chi connectivity index (χ0) is 26.1. The molecule has 3 rings (SSSR count). The van der Waals surface area contributed by atoms with E-state index in [1.54, 1.807) is 0 Å². The van der Waals surface area contributed by atoms with Crippen molar-refractivity contribution in [2.24, 2.45) is 0 Å². The maximum atomic E-state index is 12.9. The number of thioether (sulfide) groups is 1. The molecule has 0 unspecified atom stereocenters. The van der Waals surface area contributed by atoms with Crippen LogP contribution in [0.25, 0.3) is 0 Å². The second kappa shape index (κ2) is 17.2. The molecule has 0 spiro atoms. The van der Waals surface area contributed by atoms with E-state index >= 15 is 0 Å². The van der Waals surface area contributed by atoms with Gasteiger partial charge < -0.3 is 15.0 Å². The van der Waals surface area contributed by atoms with Crippen LogP contribution < -0.4 is 10.1 Å². The zero-order valence-corrected chi connectivity index (χ0v) is 23.8. The average molecular weight is 523 g/mol. The molecule has 2 aromatic carbocycles. The third-order valence-corrected chi connectivity index (χ3v) is 7.87. The smallest absolute Gasteiger partial charge is 0.255 e. The summed E-state index contributed by atoms with van der Waals surface area (Å²) in [6.45, 7) is 5.96. The lowest BCUT2D eigenvalue weighted by Crippen LogP contribution is -2.17. The Kier molecular flexibility index (Phi) is 13.5. The van der Waals surface area contributed by atoms with E-state index < -0.39 is 0 Å². The number of rotatable bonds is 18. The van der Waals surface area contributed by atoms with E-state index in [2.05, 4.69) is 41.6 Å². The zero-order valence-electron chi connectivity index (χ0n) is 23.0. The van der Waals surface area contributed by atoms with Gasteiger partial charge in [0.05, 0.1) is 12.5 Å². The van der Waals surface area contributed by atoms with Gasteiger partial charge in [0.2, 0.25) is 0 Å². The maximum Gasteiger partial charge on any atom is 0.255 e. The van der Waals surface area contributed by atoms with Crippen molar-refractivity contribution in [1.82, 2.24) is 4.90 Å². The molecule has 0 saturated heterocycles. The topological polar surface area (TPSA) is 41.6 Å². The van der Waals surface area contributed by atoms with Crippen LogP contribution in [0.4, 0.5) is 5.69 Å². The molecule has 0 aliphatic carbocycles. The number of carbonyl (C=O) groups excluding carboxylic acids is 1. The predicted molar refractivity (Wildman–Crippen MR) is 159 cm³/mol. The molecular formula is C32H46N2O2S. The molecule has 37 heavy (non-hydrogen) atoms. The van der Waals surface area contributed by atoms with Crippen molar-refractivity contribution in [3.05, 3.63) is 70.8 Å². The number of unbranched alkanes of at least 4 members (excludes halogenated alkanes) is 11. The van der Waals surface area contributed by atoms with E-state index in [0.29, 0.717) is 12.2 Å². The monoisotopic (exact) mass is 522 g/mol. The number of hydrogen-bond donors (Lipinski definition) is 1. The van der Waals surface area contributed by atoms with Crippen molar-refractivity contribution in [1.29, 1.82) is 0 Å². The van der Waals surface area contributed by atoms with Gasteiger partial charge in [-0.05, 0) is 54.6 Å². The van der Waals surface area contributed by atoms with Crippen LogP contribution in [0.5, 0.6) is 5.75 Å². The predicted octanol–water partition coefficient (Wildman–Crippen LogP) is 9.39. The lowest BCUT2D eigenvalue weighted by atomic mass is 10.1. The van der Waals surface area contributed by atoms with Crippen LogP contribution in [0.1, 0.15) is 107 Å². The fourth-order valence-electron chi connectivity index (χ4n) is 4.63.